The minimum Gasteiger partial charge on any atom is -0.387 e. The summed E-state index contributed by atoms with van der Waals surface area (Å²) < 4.78 is 10.9. The van der Waals surface area contributed by atoms with Crippen LogP contribution in [0.25, 0.3) is 0 Å². The summed E-state index contributed by atoms with van der Waals surface area (Å²) in [4.78, 5) is 1.17. The van der Waals surface area contributed by atoms with E-state index in [1.54, 1.807) is 11.3 Å². The van der Waals surface area contributed by atoms with Crippen LogP contribution in [-0.4, -0.2) is 42.7 Å². The average molecular weight is 394 g/mol. The fourth-order valence-electron chi connectivity index (χ4n) is 2.99. The Morgan fingerprint density at radius 2 is 2.04 bits per heavy atom. The molecule has 4 nitrogen and oxygen atoms in total. The fraction of sp³-hybridized carbons (Fsp3) is 0.727. The number of ether oxygens (including phenoxy) is 2. The quantitative estimate of drug-likeness (QED) is 0.765. The molecule has 5 heteroatoms. The predicted molar refractivity (Wildman–Crippen MR) is 112 cm³/mol. The van der Waals surface area contributed by atoms with Gasteiger partial charge in [-0.2, -0.15) is 0 Å². The number of aryl methyl sites for hydroxylation is 1. The molecule has 0 amide bonds. The molecule has 3 rings (SSSR count). The summed E-state index contributed by atoms with van der Waals surface area (Å²) >= 11 is 1.72. The lowest BCUT2D eigenvalue weighted by molar-refractivity contribution is -0.0923. The molecule has 2 heterocycles. The number of thiophene rings is 1. The number of aliphatic hydroxyl groups is 1. The SMILES string of the molecule is Cc1csc(C#CC(C)(C)C)c1.NC1CCC(O)(CO[C@H]2CCOC2)CC1. The molecule has 3 N–H and O–H groups in total. The second-order valence-electron chi connectivity index (χ2n) is 8.85. The van der Waals surface area contributed by atoms with Crippen LogP contribution in [0.2, 0.25) is 0 Å². The van der Waals surface area contributed by atoms with Crippen LogP contribution in [0.5, 0.6) is 0 Å². The van der Waals surface area contributed by atoms with E-state index >= 15 is 0 Å². The van der Waals surface area contributed by atoms with Gasteiger partial charge in [0.05, 0.1) is 29.8 Å². The Bertz CT molecular complexity index is 624. The molecule has 1 saturated carbocycles. The van der Waals surface area contributed by atoms with Gasteiger partial charge in [0.2, 0.25) is 0 Å². The Hall–Kier alpha value is -0.900. The maximum absolute atomic E-state index is 10.2. The molecular formula is C22H35NO3S. The van der Waals surface area contributed by atoms with Gasteiger partial charge in [0.1, 0.15) is 0 Å². The molecule has 0 bridgehead atoms. The van der Waals surface area contributed by atoms with Gasteiger partial charge < -0.3 is 20.3 Å². The minimum atomic E-state index is -0.640. The predicted octanol–water partition coefficient (Wildman–Crippen LogP) is 3.88. The topological polar surface area (TPSA) is 64.7 Å². The lowest BCUT2D eigenvalue weighted by Crippen LogP contribution is -2.43. The van der Waals surface area contributed by atoms with Crippen molar-refractivity contribution >= 4 is 11.3 Å². The molecule has 0 spiro atoms. The first-order chi connectivity index (χ1) is 12.7. The second-order valence-corrected chi connectivity index (χ2v) is 9.76. The van der Waals surface area contributed by atoms with Crippen molar-refractivity contribution in [2.75, 3.05) is 19.8 Å². The van der Waals surface area contributed by atoms with E-state index in [1.165, 1.54) is 10.4 Å². The third-order valence-corrected chi connectivity index (χ3v) is 5.69. The van der Waals surface area contributed by atoms with Gasteiger partial charge in [-0.15, -0.1) is 11.3 Å². The van der Waals surface area contributed by atoms with Crippen molar-refractivity contribution in [2.45, 2.75) is 77.5 Å². The van der Waals surface area contributed by atoms with E-state index in [0.717, 1.165) is 38.7 Å². The van der Waals surface area contributed by atoms with E-state index in [9.17, 15) is 5.11 Å². The molecule has 1 atom stereocenters. The van der Waals surface area contributed by atoms with Gasteiger partial charge in [0.25, 0.3) is 0 Å². The van der Waals surface area contributed by atoms with Crippen LogP contribution >= 0.6 is 11.3 Å². The number of nitrogens with two attached hydrogens (primary N) is 1. The van der Waals surface area contributed by atoms with Crippen LogP contribution < -0.4 is 5.73 Å². The zero-order chi connectivity index (χ0) is 19.9. The van der Waals surface area contributed by atoms with E-state index in [1.807, 2.05) is 0 Å². The molecule has 1 saturated heterocycles. The molecule has 1 aliphatic carbocycles. The Kier molecular flexibility index (Phi) is 8.33. The minimum absolute atomic E-state index is 0.109. The second kappa shape index (κ2) is 10.0. The van der Waals surface area contributed by atoms with Crippen LogP contribution in [0.1, 0.15) is 63.3 Å². The molecule has 2 aliphatic rings. The fourth-order valence-corrected chi connectivity index (χ4v) is 3.73. The van der Waals surface area contributed by atoms with Crippen molar-refractivity contribution in [3.8, 4) is 11.8 Å². The number of hydrogen-bond donors (Lipinski definition) is 2. The first-order valence-electron chi connectivity index (χ1n) is 9.91. The van der Waals surface area contributed by atoms with Gasteiger partial charge >= 0.3 is 0 Å². The van der Waals surface area contributed by atoms with Gasteiger partial charge in [-0.25, -0.2) is 0 Å². The monoisotopic (exact) mass is 393 g/mol. The van der Waals surface area contributed by atoms with Crippen molar-refractivity contribution in [1.29, 1.82) is 0 Å². The first-order valence-corrected chi connectivity index (χ1v) is 10.8. The van der Waals surface area contributed by atoms with Gasteiger partial charge in [-0.3, -0.25) is 0 Å². The van der Waals surface area contributed by atoms with Gasteiger partial charge in [-0.1, -0.05) is 11.8 Å². The van der Waals surface area contributed by atoms with Crippen LogP contribution in [0.15, 0.2) is 11.4 Å². The van der Waals surface area contributed by atoms with Crippen LogP contribution in [0.3, 0.4) is 0 Å². The van der Waals surface area contributed by atoms with E-state index in [2.05, 4.69) is 51.0 Å². The Morgan fingerprint density at radius 1 is 1.33 bits per heavy atom. The van der Waals surface area contributed by atoms with Crippen LogP contribution in [0, 0.1) is 24.2 Å². The zero-order valence-corrected chi connectivity index (χ0v) is 18.0. The highest BCUT2D eigenvalue weighted by molar-refractivity contribution is 7.10. The van der Waals surface area contributed by atoms with Crippen molar-refractivity contribution < 1.29 is 14.6 Å². The van der Waals surface area contributed by atoms with Gasteiger partial charge in [0, 0.05) is 18.1 Å². The molecule has 152 valence electrons. The van der Waals surface area contributed by atoms with E-state index in [0.29, 0.717) is 13.2 Å². The van der Waals surface area contributed by atoms with Gasteiger partial charge in [0.15, 0.2) is 0 Å². The standard InChI is InChI=1S/C11H21NO3.C11H14S/c12-9-1-4-11(13,5-2-9)8-15-10-3-6-14-7-10;1-9-7-10(12-8-9)5-6-11(2,3)4/h9-10,13H,1-8,12H2;7-8H,1-4H3/t9?,10-,11?;/m0./s1. The average Bonchev–Trinajstić information content (AvgIpc) is 3.26. The van der Waals surface area contributed by atoms with Gasteiger partial charge in [-0.05, 0) is 76.8 Å². The molecule has 1 aliphatic heterocycles. The molecular weight excluding hydrogens is 358 g/mol. The number of rotatable bonds is 3. The first kappa shape index (κ1) is 22.4. The highest BCUT2D eigenvalue weighted by Crippen LogP contribution is 2.28. The summed E-state index contributed by atoms with van der Waals surface area (Å²) in [6.45, 7) is 10.4. The lowest BCUT2D eigenvalue weighted by atomic mass is 9.83. The third-order valence-electron chi connectivity index (χ3n) is 4.73. The Labute approximate surface area is 168 Å². The van der Waals surface area contributed by atoms with E-state index in [4.69, 9.17) is 15.2 Å². The summed E-state index contributed by atoms with van der Waals surface area (Å²) in [7, 11) is 0. The van der Waals surface area contributed by atoms with Crippen molar-refractivity contribution in [1.82, 2.24) is 0 Å². The molecule has 0 aromatic carbocycles. The lowest BCUT2D eigenvalue weighted by Gasteiger charge is -2.35. The highest BCUT2D eigenvalue weighted by Gasteiger charge is 2.33. The van der Waals surface area contributed by atoms with E-state index in [-0.39, 0.29) is 17.6 Å². The molecule has 0 unspecified atom stereocenters. The van der Waals surface area contributed by atoms with Crippen molar-refractivity contribution in [2.24, 2.45) is 11.1 Å². The maximum atomic E-state index is 10.2. The molecule has 0 radical (unpaired) electrons. The summed E-state index contributed by atoms with van der Waals surface area (Å²) in [6.07, 6.45) is 4.48. The molecule has 1 aromatic rings. The Morgan fingerprint density at radius 3 is 2.56 bits per heavy atom. The highest BCUT2D eigenvalue weighted by atomic mass is 32.1. The molecule has 1 aromatic heterocycles. The van der Waals surface area contributed by atoms with Crippen LogP contribution in [-0.2, 0) is 9.47 Å². The largest absolute Gasteiger partial charge is 0.387 e. The summed E-state index contributed by atoms with van der Waals surface area (Å²) in [5.74, 6) is 6.39. The summed E-state index contributed by atoms with van der Waals surface area (Å²) in [5, 5.41) is 12.4. The normalized spacial score (nSPS) is 28.1. The molecule has 27 heavy (non-hydrogen) atoms. The summed E-state index contributed by atoms with van der Waals surface area (Å²) in [6, 6.07) is 2.39. The maximum Gasteiger partial charge on any atom is 0.0881 e. The zero-order valence-electron chi connectivity index (χ0n) is 17.2. The van der Waals surface area contributed by atoms with E-state index < -0.39 is 5.60 Å². The third kappa shape index (κ3) is 8.76. The van der Waals surface area contributed by atoms with Crippen LogP contribution in [0.4, 0.5) is 0 Å². The Balaban J connectivity index is 0.000000199. The number of hydrogen-bond acceptors (Lipinski definition) is 5. The summed E-state index contributed by atoms with van der Waals surface area (Å²) in [5.41, 5.74) is 6.57. The van der Waals surface area contributed by atoms with Crippen molar-refractivity contribution in [3.63, 3.8) is 0 Å². The molecule has 2 fully saturated rings. The van der Waals surface area contributed by atoms with Crippen molar-refractivity contribution in [3.05, 3.63) is 21.9 Å². The smallest absolute Gasteiger partial charge is 0.0881 e.